The fraction of sp³-hybridized carbons (Fsp3) is 0.600. The molecule has 0 aromatic carbocycles. The van der Waals surface area contributed by atoms with Crippen LogP contribution in [0, 0.1) is 0 Å². The standard InChI is InChI=1S/C20H26N6O3/c27-17-4-2-8-24(17)11-12-29-20(28)26-9-1-3-15-16(26)6-10-25(15)19-14-5-7-21-18(14)22-13-23-19/h5,7,13,15-16H,1-4,6,8-12H2,(H,21,22,23)/t15-,16-/m1/s1. The first-order valence-corrected chi connectivity index (χ1v) is 10.5. The lowest BCUT2D eigenvalue weighted by Gasteiger charge is -2.39. The second-order valence-electron chi connectivity index (χ2n) is 7.99. The number of amides is 2. The average Bonchev–Trinajstić information content (AvgIpc) is 3.47. The smallest absolute Gasteiger partial charge is 0.410 e. The van der Waals surface area contributed by atoms with Gasteiger partial charge in [-0.2, -0.15) is 0 Å². The Balaban J connectivity index is 1.25. The van der Waals surface area contributed by atoms with Crippen LogP contribution in [0.15, 0.2) is 18.6 Å². The third kappa shape index (κ3) is 3.28. The summed E-state index contributed by atoms with van der Waals surface area (Å²) < 4.78 is 5.54. The molecule has 3 aliphatic heterocycles. The fourth-order valence-electron chi connectivity index (χ4n) is 5.03. The van der Waals surface area contributed by atoms with E-state index in [1.165, 1.54) is 0 Å². The van der Waals surface area contributed by atoms with Crippen LogP contribution in [0.1, 0.15) is 32.1 Å². The number of aromatic amines is 1. The van der Waals surface area contributed by atoms with Crippen molar-refractivity contribution in [3.8, 4) is 0 Å². The summed E-state index contributed by atoms with van der Waals surface area (Å²) in [6.45, 7) is 3.11. The largest absolute Gasteiger partial charge is 0.448 e. The lowest BCUT2D eigenvalue weighted by atomic mass is 9.97. The first kappa shape index (κ1) is 18.2. The van der Waals surface area contributed by atoms with Crippen molar-refractivity contribution in [3.05, 3.63) is 18.6 Å². The van der Waals surface area contributed by atoms with Crippen LogP contribution in [0.3, 0.4) is 0 Å². The van der Waals surface area contributed by atoms with E-state index in [2.05, 4.69) is 19.9 Å². The number of rotatable bonds is 4. The molecule has 5 heterocycles. The molecule has 1 N–H and O–H groups in total. The Morgan fingerprint density at radius 2 is 2.10 bits per heavy atom. The SMILES string of the molecule is O=C1CCCN1CCOC(=O)N1CCC[C@@H]2[C@H]1CCN2c1ncnc2[nH]ccc12. The van der Waals surface area contributed by atoms with Gasteiger partial charge in [-0.1, -0.05) is 0 Å². The van der Waals surface area contributed by atoms with E-state index < -0.39 is 0 Å². The molecule has 0 aliphatic carbocycles. The molecule has 3 fully saturated rings. The lowest BCUT2D eigenvalue weighted by Crippen LogP contribution is -2.52. The molecular formula is C20H26N6O3. The third-order valence-corrected chi connectivity index (χ3v) is 6.41. The van der Waals surface area contributed by atoms with Crippen LogP contribution in [0.2, 0.25) is 0 Å². The lowest BCUT2D eigenvalue weighted by molar-refractivity contribution is -0.128. The molecule has 0 unspecified atom stereocenters. The minimum Gasteiger partial charge on any atom is -0.448 e. The van der Waals surface area contributed by atoms with E-state index in [1.54, 1.807) is 11.2 Å². The molecule has 2 atom stereocenters. The predicted octanol–water partition coefficient (Wildman–Crippen LogP) is 1.76. The topological polar surface area (TPSA) is 94.7 Å². The molecule has 0 radical (unpaired) electrons. The monoisotopic (exact) mass is 398 g/mol. The molecule has 3 saturated heterocycles. The number of piperidine rings is 1. The van der Waals surface area contributed by atoms with Gasteiger partial charge < -0.3 is 24.4 Å². The number of aromatic nitrogens is 3. The van der Waals surface area contributed by atoms with Crippen molar-refractivity contribution < 1.29 is 14.3 Å². The van der Waals surface area contributed by atoms with E-state index in [0.717, 1.165) is 62.2 Å². The number of nitrogens with one attached hydrogen (secondary N) is 1. The summed E-state index contributed by atoms with van der Waals surface area (Å²) in [7, 11) is 0. The van der Waals surface area contributed by atoms with Gasteiger partial charge in [0.1, 0.15) is 24.4 Å². The fourth-order valence-corrected chi connectivity index (χ4v) is 5.03. The van der Waals surface area contributed by atoms with E-state index >= 15 is 0 Å². The molecule has 3 aliphatic rings. The van der Waals surface area contributed by atoms with E-state index in [0.29, 0.717) is 13.0 Å². The van der Waals surface area contributed by atoms with Crippen molar-refractivity contribution in [2.24, 2.45) is 0 Å². The second-order valence-corrected chi connectivity index (χ2v) is 7.99. The van der Waals surface area contributed by atoms with Gasteiger partial charge in [-0.05, 0) is 31.7 Å². The van der Waals surface area contributed by atoms with Gasteiger partial charge in [-0.15, -0.1) is 0 Å². The van der Waals surface area contributed by atoms with E-state index in [9.17, 15) is 9.59 Å². The molecule has 2 amide bonds. The van der Waals surface area contributed by atoms with Gasteiger partial charge in [-0.25, -0.2) is 14.8 Å². The maximum Gasteiger partial charge on any atom is 0.410 e. The van der Waals surface area contributed by atoms with Crippen molar-refractivity contribution in [2.75, 3.05) is 37.7 Å². The number of carbonyl (C=O) groups is 2. The number of carbonyl (C=O) groups excluding carboxylic acids is 2. The van der Waals surface area contributed by atoms with Crippen molar-refractivity contribution >= 4 is 28.9 Å². The van der Waals surface area contributed by atoms with E-state index in [-0.39, 0.29) is 30.7 Å². The van der Waals surface area contributed by atoms with Crippen LogP contribution in [0.25, 0.3) is 11.0 Å². The maximum atomic E-state index is 12.8. The molecule has 9 heteroatoms. The minimum absolute atomic E-state index is 0.133. The Kier molecular flexibility index (Phi) is 4.73. The average molecular weight is 398 g/mol. The number of likely N-dealkylation sites (tertiary alicyclic amines) is 2. The highest BCUT2D eigenvalue weighted by Crippen LogP contribution is 2.36. The minimum atomic E-state index is -0.261. The Morgan fingerprint density at radius 3 is 2.97 bits per heavy atom. The molecule has 0 bridgehead atoms. The van der Waals surface area contributed by atoms with E-state index in [4.69, 9.17) is 4.74 Å². The van der Waals surface area contributed by atoms with Crippen molar-refractivity contribution in [3.63, 3.8) is 0 Å². The second kappa shape index (κ2) is 7.53. The summed E-state index contributed by atoms with van der Waals surface area (Å²) in [6, 6.07) is 2.38. The highest BCUT2D eigenvalue weighted by atomic mass is 16.6. The first-order valence-electron chi connectivity index (χ1n) is 10.5. The summed E-state index contributed by atoms with van der Waals surface area (Å²) in [5.41, 5.74) is 0.835. The zero-order valence-electron chi connectivity index (χ0n) is 16.4. The maximum absolute atomic E-state index is 12.8. The number of ether oxygens (including phenoxy) is 1. The van der Waals surface area contributed by atoms with Crippen molar-refractivity contribution in [1.82, 2.24) is 24.8 Å². The molecule has 2 aromatic heterocycles. The van der Waals surface area contributed by atoms with Crippen LogP contribution in [0.4, 0.5) is 10.6 Å². The molecule has 0 spiro atoms. The number of nitrogens with zero attached hydrogens (tertiary/aromatic N) is 5. The first-order chi connectivity index (χ1) is 14.2. The number of hydrogen-bond donors (Lipinski definition) is 1. The van der Waals surface area contributed by atoms with Crippen LogP contribution >= 0.6 is 0 Å². The van der Waals surface area contributed by atoms with Gasteiger partial charge in [0.25, 0.3) is 0 Å². The zero-order chi connectivity index (χ0) is 19.8. The number of H-pyrrole nitrogens is 1. The van der Waals surface area contributed by atoms with Crippen molar-refractivity contribution in [1.29, 1.82) is 0 Å². The van der Waals surface area contributed by atoms with Crippen LogP contribution in [0.5, 0.6) is 0 Å². The third-order valence-electron chi connectivity index (χ3n) is 6.41. The van der Waals surface area contributed by atoms with Gasteiger partial charge >= 0.3 is 6.09 Å². The van der Waals surface area contributed by atoms with Crippen LogP contribution < -0.4 is 4.90 Å². The summed E-state index contributed by atoms with van der Waals surface area (Å²) in [4.78, 5) is 42.4. The van der Waals surface area contributed by atoms with Gasteiger partial charge in [0.2, 0.25) is 5.91 Å². The highest BCUT2D eigenvalue weighted by Gasteiger charge is 2.43. The molecular weight excluding hydrogens is 372 g/mol. The Hall–Kier alpha value is -2.84. The van der Waals surface area contributed by atoms with Crippen molar-refractivity contribution in [2.45, 2.75) is 44.2 Å². The summed E-state index contributed by atoms with van der Waals surface area (Å²) in [6.07, 6.45) is 7.60. The molecule has 5 rings (SSSR count). The molecule has 29 heavy (non-hydrogen) atoms. The van der Waals surface area contributed by atoms with Gasteiger partial charge in [-0.3, -0.25) is 4.79 Å². The zero-order valence-corrected chi connectivity index (χ0v) is 16.4. The van der Waals surface area contributed by atoms with Gasteiger partial charge in [0.15, 0.2) is 0 Å². The summed E-state index contributed by atoms with van der Waals surface area (Å²) in [5, 5.41) is 1.02. The molecule has 0 saturated carbocycles. The Morgan fingerprint density at radius 1 is 1.17 bits per heavy atom. The van der Waals surface area contributed by atoms with Crippen LogP contribution in [-0.4, -0.2) is 81.6 Å². The highest BCUT2D eigenvalue weighted by molar-refractivity contribution is 5.87. The Bertz CT molecular complexity index is 915. The number of fused-ring (bicyclic) bond motifs is 2. The number of hydrogen-bond acceptors (Lipinski definition) is 6. The van der Waals surface area contributed by atoms with Gasteiger partial charge in [0, 0.05) is 32.3 Å². The van der Waals surface area contributed by atoms with E-state index in [1.807, 2.05) is 17.2 Å². The Labute approximate surface area is 169 Å². The quantitative estimate of drug-likeness (QED) is 0.843. The van der Waals surface area contributed by atoms with Gasteiger partial charge in [0.05, 0.1) is 24.0 Å². The summed E-state index contributed by atoms with van der Waals surface area (Å²) in [5.74, 6) is 1.10. The molecule has 2 aromatic rings. The number of anilines is 1. The van der Waals surface area contributed by atoms with Crippen LogP contribution in [-0.2, 0) is 9.53 Å². The normalized spacial score (nSPS) is 24.4. The molecule has 154 valence electrons. The molecule has 9 nitrogen and oxygen atoms in total. The predicted molar refractivity (Wildman–Crippen MR) is 107 cm³/mol. The summed E-state index contributed by atoms with van der Waals surface area (Å²) >= 11 is 0.